The number of hydrazine groups is 1. The number of esters is 1. The molecule has 0 aromatic rings. The highest BCUT2D eigenvalue weighted by Crippen LogP contribution is 2.00. The lowest BCUT2D eigenvalue weighted by Gasteiger charge is -2.28. The molecule has 0 fully saturated rings. The van der Waals surface area contributed by atoms with E-state index >= 15 is 0 Å². The number of methoxy groups -OCH3 is 1. The molecule has 22 heavy (non-hydrogen) atoms. The maximum atomic E-state index is 12.3. The van der Waals surface area contributed by atoms with Crippen molar-refractivity contribution in [2.75, 3.05) is 13.7 Å². The first kappa shape index (κ1) is 20.3. The molecule has 0 radical (unpaired) electrons. The molecule has 4 N–H and O–H groups in total. The van der Waals surface area contributed by atoms with Crippen LogP contribution in [0.15, 0.2) is 0 Å². The van der Waals surface area contributed by atoms with Crippen molar-refractivity contribution in [3.8, 4) is 0 Å². The number of carbonyl (C=O) groups is 3. The van der Waals surface area contributed by atoms with Gasteiger partial charge in [0.25, 0.3) is 5.91 Å². The second kappa shape index (κ2) is 9.37. The zero-order chi connectivity index (χ0) is 17.4. The molecule has 0 bridgehead atoms. The molecule has 3 atom stereocenters. The van der Waals surface area contributed by atoms with Crippen LogP contribution in [0.4, 0.5) is 0 Å². The number of nitrogens with one attached hydrogen (secondary N) is 2. The van der Waals surface area contributed by atoms with Crippen LogP contribution in [-0.2, 0) is 19.1 Å². The summed E-state index contributed by atoms with van der Waals surface area (Å²) in [6, 6.07) is -2.10. The van der Waals surface area contributed by atoms with Crippen LogP contribution in [0.5, 0.6) is 0 Å². The van der Waals surface area contributed by atoms with E-state index in [9.17, 15) is 14.4 Å². The second-order valence-electron chi connectivity index (χ2n) is 5.46. The van der Waals surface area contributed by atoms with Crippen molar-refractivity contribution in [3.05, 3.63) is 0 Å². The Hall–Kier alpha value is -1.67. The van der Waals surface area contributed by atoms with Crippen molar-refractivity contribution in [1.29, 1.82) is 0 Å². The van der Waals surface area contributed by atoms with Crippen molar-refractivity contribution in [2.24, 2.45) is 11.7 Å². The number of amides is 2. The average molecular weight is 316 g/mol. The zero-order valence-corrected chi connectivity index (χ0v) is 14.2. The Morgan fingerprint density at radius 3 is 2.09 bits per heavy atom. The molecule has 8 heteroatoms. The quantitative estimate of drug-likeness (QED) is 0.406. The summed E-state index contributed by atoms with van der Waals surface area (Å²) >= 11 is 0. The Morgan fingerprint density at radius 2 is 1.68 bits per heavy atom. The maximum absolute atomic E-state index is 12.3. The molecule has 0 aliphatic rings. The minimum absolute atomic E-state index is 0.0259. The number of nitrogens with zero attached hydrogens (tertiary/aromatic N) is 1. The van der Waals surface area contributed by atoms with E-state index in [1.165, 1.54) is 12.1 Å². The monoisotopic (exact) mass is 316 g/mol. The van der Waals surface area contributed by atoms with Gasteiger partial charge >= 0.3 is 5.97 Å². The molecule has 0 spiro atoms. The van der Waals surface area contributed by atoms with Crippen molar-refractivity contribution in [2.45, 2.75) is 52.7 Å². The van der Waals surface area contributed by atoms with Crippen molar-refractivity contribution >= 4 is 17.8 Å². The van der Waals surface area contributed by atoms with Crippen LogP contribution >= 0.6 is 0 Å². The summed E-state index contributed by atoms with van der Waals surface area (Å²) < 4.78 is 4.59. The molecule has 0 heterocycles. The molecule has 0 aromatic heterocycles. The van der Waals surface area contributed by atoms with Gasteiger partial charge < -0.3 is 15.8 Å². The van der Waals surface area contributed by atoms with E-state index in [1.807, 2.05) is 13.8 Å². The van der Waals surface area contributed by atoms with Crippen LogP contribution in [0, 0.1) is 5.92 Å². The summed E-state index contributed by atoms with van der Waals surface area (Å²) in [6.45, 7) is 8.89. The fourth-order valence-electron chi connectivity index (χ4n) is 1.68. The van der Waals surface area contributed by atoms with Crippen molar-refractivity contribution < 1.29 is 19.1 Å². The third-order valence-electron chi connectivity index (χ3n) is 3.24. The Labute approximate surface area is 131 Å². The van der Waals surface area contributed by atoms with Gasteiger partial charge in [-0.25, -0.2) is 5.43 Å². The second-order valence-corrected chi connectivity index (χ2v) is 5.46. The molecule has 2 amide bonds. The van der Waals surface area contributed by atoms with Gasteiger partial charge in [0.15, 0.2) is 0 Å². The molecule has 8 nitrogen and oxygen atoms in total. The molecular formula is C14H28N4O4. The summed E-state index contributed by atoms with van der Waals surface area (Å²) in [4.78, 5) is 35.6. The van der Waals surface area contributed by atoms with E-state index in [-0.39, 0.29) is 17.7 Å². The first-order valence-corrected chi connectivity index (χ1v) is 7.36. The topological polar surface area (TPSA) is 114 Å². The van der Waals surface area contributed by atoms with Gasteiger partial charge in [0.1, 0.15) is 12.1 Å². The highest BCUT2D eigenvalue weighted by atomic mass is 16.5. The number of ether oxygens (including phenoxy) is 1. The molecular weight excluding hydrogens is 288 g/mol. The van der Waals surface area contributed by atoms with Crippen LogP contribution in [0.2, 0.25) is 0 Å². The third kappa shape index (κ3) is 5.98. The van der Waals surface area contributed by atoms with Crippen LogP contribution in [0.25, 0.3) is 0 Å². The molecule has 0 aromatic carbocycles. The average Bonchev–Trinajstić information content (AvgIpc) is 2.49. The highest BCUT2D eigenvalue weighted by Gasteiger charge is 2.26. The third-order valence-corrected chi connectivity index (χ3v) is 3.24. The predicted octanol–water partition coefficient (Wildman–Crippen LogP) is -0.611. The van der Waals surface area contributed by atoms with Gasteiger partial charge in [0, 0.05) is 6.54 Å². The lowest BCUT2D eigenvalue weighted by molar-refractivity contribution is -0.147. The van der Waals surface area contributed by atoms with Gasteiger partial charge in [0.05, 0.1) is 13.2 Å². The summed E-state index contributed by atoms with van der Waals surface area (Å²) in [5.74, 6) is -1.25. The summed E-state index contributed by atoms with van der Waals surface area (Å²) in [6.07, 6.45) is 0. The Kier molecular flexibility index (Phi) is 8.66. The maximum Gasteiger partial charge on any atom is 0.324 e. The van der Waals surface area contributed by atoms with Crippen LogP contribution < -0.4 is 16.5 Å². The highest BCUT2D eigenvalue weighted by molar-refractivity contribution is 5.89. The van der Waals surface area contributed by atoms with Gasteiger partial charge in [-0.1, -0.05) is 13.8 Å². The van der Waals surface area contributed by atoms with Crippen molar-refractivity contribution in [3.63, 3.8) is 0 Å². The van der Waals surface area contributed by atoms with E-state index < -0.39 is 24.1 Å². The molecule has 0 saturated heterocycles. The summed E-state index contributed by atoms with van der Waals surface area (Å²) in [5, 5.41) is 3.85. The Bertz CT molecular complexity index is 400. The van der Waals surface area contributed by atoms with Crippen LogP contribution in [0.3, 0.4) is 0 Å². The number of rotatable bonds is 8. The zero-order valence-electron chi connectivity index (χ0n) is 14.2. The van der Waals surface area contributed by atoms with E-state index in [2.05, 4.69) is 15.5 Å². The Balaban J connectivity index is 4.69. The van der Waals surface area contributed by atoms with Gasteiger partial charge in [0.2, 0.25) is 5.91 Å². The first-order valence-electron chi connectivity index (χ1n) is 7.36. The summed E-state index contributed by atoms with van der Waals surface area (Å²) in [5.41, 5.74) is 8.49. The number of nitrogens with two attached hydrogens (primary N) is 1. The first-order chi connectivity index (χ1) is 10.1. The molecule has 0 aliphatic carbocycles. The smallest absolute Gasteiger partial charge is 0.324 e. The lowest BCUT2D eigenvalue weighted by Crippen LogP contribution is -2.57. The number of carbonyl (C=O) groups excluding carboxylic acids is 3. The minimum atomic E-state index is -0.755. The standard InChI is InChI=1S/C14H28N4O4/c1-7-18(17-10(5)14(21)22-6)13(20)9(4)16-12(19)11(15)8(2)3/h8-11,17H,7,15H2,1-6H3,(H,16,19). The fourth-order valence-corrected chi connectivity index (χ4v) is 1.68. The number of likely N-dealkylation sites (N-methyl/N-ethyl adjacent to an activating group) is 1. The molecule has 0 rings (SSSR count). The van der Waals surface area contributed by atoms with Gasteiger partial charge in [-0.3, -0.25) is 19.4 Å². The normalized spacial score (nSPS) is 14.9. The summed E-state index contributed by atoms with van der Waals surface area (Å²) in [7, 11) is 1.27. The van der Waals surface area contributed by atoms with Crippen LogP contribution in [0.1, 0.15) is 34.6 Å². The number of hydrogen-bond acceptors (Lipinski definition) is 6. The molecule has 3 unspecified atom stereocenters. The fraction of sp³-hybridized carbons (Fsp3) is 0.786. The predicted molar refractivity (Wildman–Crippen MR) is 82.4 cm³/mol. The van der Waals surface area contributed by atoms with Gasteiger partial charge in [-0.05, 0) is 26.7 Å². The minimum Gasteiger partial charge on any atom is -0.468 e. The van der Waals surface area contributed by atoms with Crippen molar-refractivity contribution in [1.82, 2.24) is 15.8 Å². The van der Waals surface area contributed by atoms with E-state index in [0.717, 1.165) is 0 Å². The van der Waals surface area contributed by atoms with Crippen LogP contribution in [-0.4, -0.2) is 54.6 Å². The lowest BCUT2D eigenvalue weighted by atomic mass is 10.0. The molecule has 0 saturated carbocycles. The van der Waals surface area contributed by atoms with E-state index in [1.54, 1.807) is 20.8 Å². The van der Waals surface area contributed by atoms with Gasteiger partial charge in [-0.2, -0.15) is 0 Å². The Morgan fingerprint density at radius 1 is 1.14 bits per heavy atom. The molecule has 128 valence electrons. The molecule has 0 aliphatic heterocycles. The van der Waals surface area contributed by atoms with E-state index in [4.69, 9.17) is 5.73 Å². The van der Waals surface area contributed by atoms with Gasteiger partial charge in [-0.15, -0.1) is 0 Å². The number of hydrogen-bond donors (Lipinski definition) is 3. The largest absolute Gasteiger partial charge is 0.468 e. The van der Waals surface area contributed by atoms with E-state index in [0.29, 0.717) is 6.54 Å². The SMILES string of the molecule is CCN(NC(C)C(=O)OC)C(=O)C(C)NC(=O)C(N)C(C)C.